The van der Waals surface area contributed by atoms with Gasteiger partial charge in [-0.3, -0.25) is 4.79 Å². The Morgan fingerprint density at radius 3 is 2.82 bits per heavy atom. The van der Waals surface area contributed by atoms with Crippen LogP contribution in [0.25, 0.3) is 10.6 Å². The molecule has 0 spiro atoms. The molecule has 1 amide bonds. The Morgan fingerprint density at radius 2 is 2.07 bits per heavy atom. The Kier molecular flexibility index (Phi) is 5.73. The minimum Gasteiger partial charge on any atom is -0.342 e. The number of hydrogen-bond acceptors (Lipinski definition) is 5. The Bertz CT molecular complexity index is 961. The first-order valence-corrected chi connectivity index (χ1v) is 10.8. The molecular formula is C20H22ClN5OS. The number of halogens is 1. The number of carbonyl (C=O) groups excluding carboxylic acids is 1. The zero-order chi connectivity index (χ0) is 19.5. The summed E-state index contributed by atoms with van der Waals surface area (Å²) < 4.78 is 2.09. The predicted molar refractivity (Wildman–Crippen MR) is 111 cm³/mol. The molecule has 0 atom stereocenters. The van der Waals surface area contributed by atoms with Gasteiger partial charge in [0, 0.05) is 36.5 Å². The normalized spacial score (nSPS) is 15.1. The van der Waals surface area contributed by atoms with Crippen LogP contribution in [0.5, 0.6) is 0 Å². The summed E-state index contributed by atoms with van der Waals surface area (Å²) in [7, 11) is 0. The SMILES string of the molecule is CCn1cnnc1C1CCN(C(=O)Cc2csc(-c3ccccc3Cl)n2)CC1. The van der Waals surface area contributed by atoms with Gasteiger partial charge in [0.05, 0.1) is 17.1 Å². The highest BCUT2D eigenvalue weighted by molar-refractivity contribution is 7.13. The highest BCUT2D eigenvalue weighted by Crippen LogP contribution is 2.31. The lowest BCUT2D eigenvalue weighted by Crippen LogP contribution is -2.39. The van der Waals surface area contributed by atoms with Crippen LogP contribution in [-0.2, 0) is 17.8 Å². The van der Waals surface area contributed by atoms with Crippen molar-refractivity contribution in [2.45, 2.75) is 38.6 Å². The van der Waals surface area contributed by atoms with Gasteiger partial charge in [-0.15, -0.1) is 21.5 Å². The molecule has 0 saturated carbocycles. The van der Waals surface area contributed by atoms with Gasteiger partial charge in [0.1, 0.15) is 17.2 Å². The van der Waals surface area contributed by atoms with Gasteiger partial charge in [-0.05, 0) is 25.8 Å². The summed E-state index contributed by atoms with van der Waals surface area (Å²) in [6.07, 6.45) is 3.96. The van der Waals surface area contributed by atoms with E-state index in [1.54, 1.807) is 6.33 Å². The number of piperidine rings is 1. The lowest BCUT2D eigenvalue weighted by atomic mass is 9.95. The summed E-state index contributed by atoms with van der Waals surface area (Å²) >= 11 is 7.78. The van der Waals surface area contributed by atoms with Crippen molar-refractivity contribution in [1.29, 1.82) is 0 Å². The van der Waals surface area contributed by atoms with Gasteiger partial charge >= 0.3 is 0 Å². The number of rotatable bonds is 5. The number of nitrogens with zero attached hydrogens (tertiary/aromatic N) is 5. The van der Waals surface area contributed by atoms with E-state index in [1.807, 2.05) is 34.5 Å². The highest BCUT2D eigenvalue weighted by atomic mass is 35.5. The van der Waals surface area contributed by atoms with Crippen LogP contribution >= 0.6 is 22.9 Å². The van der Waals surface area contributed by atoms with E-state index in [9.17, 15) is 4.79 Å². The second-order valence-corrected chi connectivity index (χ2v) is 8.20. The molecule has 3 aromatic rings. The molecule has 1 fully saturated rings. The van der Waals surface area contributed by atoms with E-state index in [-0.39, 0.29) is 5.91 Å². The van der Waals surface area contributed by atoms with Gasteiger partial charge in [-0.25, -0.2) is 4.98 Å². The average molecular weight is 416 g/mol. The standard InChI is InChI=1S/C20H22ClN5OS/c1-2-25-13-22-24-19(25)14-7-9-26(10-8-14)18(27)11-15-12-28-20(23-15)16-5-3-4-6-17(16)21/h3-6,12-14H,2,7-11H2,1H3. The molecule has 1 aliphatic heterocycles. The van der Waals surface area contributed by atoms with E-state index in [4.69, 9.17) is 11.6 Å². The van der Waals surface area contributed by atoms with Crippen molar-refractivity contribution in [3.63, 3.8) is 0 Å². The molecule has 8 heteroatoms. The summed E-state index contributed by atoms with van der Waals surface area (Å²) in [5.41, 5.74) is 1.71. The summed E-state index contributed by atoms with van der Waals surface area (Å²) in [4.78, 5) is 19.3. The van der Waals surface area contributed by atoms with Crippen LogP contribution in [0.3, 0.4) is 0 Å². The van der Waals surface area contributed by atoms with E-state index in [0.717, 1.165) is 54.6 Å². The van der Waals surface area contributed by atoms with Crippen molar-refractivity contribution in [1.82, 2.24) is 24.6 Å². The molecule has 1 saturated heterocycles. The molecule has 28 heavy (non-hydrogen) atoms. The van der Waals surface area contributed by atoms with Crippen LogP contribution in [0.15, 0.2) is 36.0 Å². The second-order valence-electron chi connectivity index (χ2n) is 6.93. The number of thiazole rings is 1. The fraction of sp³-hybridized carbons (Fsp3) is 0.400. The molecule has 0 bridgehead atoms. The predicted octanol–water partition coefficient (Wildman–Crippen LogP) is 4.02. The van der Waals surface area contributed by atoms with Crippen LogP contribution in [0.1, 0.15) is 37.2 Å². The number of aromatic nitrogens is 4. The average Bonchev–Trinajstić information content (AvgIpc) is 3.38. The zero-order valence-corrected chi connectivity index (χ0v) is 17.3. The molecule has 0 N–H and O–H groups in total. The lowest BCUT2D eigenvalue weighted by molar-refractivity contribution is -0.131. The molecule has 3 heterocycles. The minimum absolute atomic E-state index is 0.131. The molecule has 0 radical (unpaired) electrons. The maximum atomic E-state index is 12.7. The maximum Gasteiger partial charge on any atom is 0.228 e. The van der Waals surface area contributed by atoms with E-state index in [2.05, 4.69) is 26.7 Å². The van der Waals surface area contributed by atoms with E-state index in [0.29, 0.717) is 17.4 Å². The van der Waals surface area contributed by atoms with Crippen molar-refractivity contribution in [2.24, 2.45) is 0 Å². The van der Waals surface area contributed by atoms with Crippen LogP contribution in [0.4, 0.5) is 0 Å². The molecule has 6 nitrogen and oxygen atoms in total. The van der Waals surface area contributed by atoms with Gasteiger partial charge in [0.25, 0.3) is 0 Å². The fourth-order valence-corrected chi connectivity index (χ4v) is 4.76. The number of hydrogen-bond donors (Lipinski definition) is 0. The largest absolute Gasteiger partial charge is 0.342 e. The highest BCUT2D eigenvalue weighted by Gasteiger charge is 2.27. The van der Waals surface area contributed by atoms with Crippen LogP contribution in [0, 0.1) is 0 Å². The van der Waals surface area contributed by atoms with Gasteiger partial charge in [-0.1, -0.05) is 29.8 Å². The maximum absolute atomic E-state index is 12.7. The van der Waals surface area contributed by atoms with Crippen molar-refractivity contribution in [3.8, 4) is 10.6 Å². The zero-order valence-electron chi connectivity index (χ0n) is 15.7. The number of likely N-dealkylation sites (tertiary alicyclic amines) is 1. The van der Waals surface area contributed by atoms with Gasteiger partial charge in [0.15, 0.2) is 0 Å². The quantitative estimate of drug-likeness (QED) is 0.631. The van der Waals surface area contributed by atoms with Gasteiger partial charge in [0.2, 0.25) is 5.91 Å². The number of carbonyl (C=O) groups is 1. The Balaban J connectivity index is 1.36. The second kappa shape index (κ2) is 8.41. The van der Waals surface area contributed by atoms with Crippen molar-refractivity contribution >= 4 is 28.8 Å². The fourth-order valence-electron chi connectivity index (χ4n) is 3.62. The molecule has 0 aliphatic carbocycles. The minimum atomic E-state index is 0.131. The van der Waals surface area contributed by atoms with Gasteiger partial charge < -0.3 is 9.47 Å². The van der Waals surface area contributed by atoms with E-state index in [1.165, 1.54) is 11.3 Å². The van der Waals surface area contributed by atoms with E-state index >= 15 is 0 Å². The van der Waals surface area contributed by atoms with Crippen LogP contribution in [-0.4, -0.2) is 43.6 Å². The number of amides is 1. The smallest absolute Gasteiger partial charge is 0.228 e. The van der Waals surface area contributed by atoms with Crippen LogP contribution in [0.2, 0.25) is 5.02 Å². The monoisotopic (exact) mass is 415 g/mol. The molecule has 146 valence electrons. The summed E-state index contributed by atoms with van der Waals surface area (Å²) in [5.74, 6) is 1.54. The molecule has 4 rings (SSSR count). The first-order valence-electron chi connectivity index (χ1n) is 9.50. The first kappa shape index (κ1) is 19.1. The summed E-state index contributed by atoms with van der Waals surface area (Å²) in [5, 5.41) is 11.8. The Morgan fingerprint density at radius 1 is 1.29 bits per heavy atom. The summed E-state index contributed by atoms with van der Waals surface area (Å²) in [6.45, 7) is 4.47. The van der Waals surface area contributed by atoms with Crippen molar-refractivity contribution < 1.29 is 4.79 Å². The third-order valence-corrected chi connectivity index (χ3v) is 6.44. The molecule has 2 aromatic heterocycles. The topological polar surface area (TPSA) is 63.9 Å². The number of aryl methyl sites for hydroxylation is 1. The van der Waals surface area contributed by atoms with Gasteiger partial charge in [-0.2, -0.15) is 0 Å². The first-order chi connectivity index (χ1) is 13.7. The third kappa shape index (κ3) is 3.95. The third-order valence-electron chi connectivity index (χ3n) is 5.19. The van der Waals surface area contributed by atoms with Crippen molar-refractivity contribution in [3.05, 3.63) is 52.5 Å². The lowest BCUT2D eigenvalue weighted by Gasteiger charge is -2.31. The molecule has 1 aliphatic rings. The summed E-state index contributed by atoms with van der Waals surface area (Å²) in [6, 6.07) is 7.65. The number of benzene rings is 1. The molecule has 1 aromatic carbocycles. The molecule has 0 unspecified atom stereocenters. The van der Waals surface area contributed by atoms with Crippen LogP contribution < -0.4 is 0 Å². The Labute approximate surface area is 173 Å². The Hall–Kier alpha value is -2.25. The molecular weight excluding hydrogens is 394 g/mol. The van der Waals surface area contributed by atoms with E-state index < -0.39 is 0 Å². The van der Waals surface area contributed by atoms with Crippen molar-refractivity contribution in [2.75, 3.05) is 13.1 Å².